The molecule has 10 heteroatoms. The van der Waals surface area contributed by atoms with Crippen LogP contribution in [-0.2, 0) is 11.9 Å². The van der Waals surface area contributed by atoms with Crippen molar-refractivity contribution in [3.05, 3.63) is 71.4 Å². The quantitative estimate of drug-likeness (QED) is 0.279. The van der Waals surface area contributed by atoms with E-state index in [1.165, 1.54) is 25.3 Å². The lowest BCUT2D eigenvalue weighted by molar-refractivity contribution is -0.141. The van der Waals surface area contributed by atoms with E-state index in [9.17, 15) is 22.0 Å². The zero-order valence-electron chi connectivity index (χ0n) is 14.8. The second kappa shape index (κ2) is 8.64. The van der Waals surface area contributed by atoms with Crippen molar-refractivity contribution in [2.75, 3.05) is 7.11 Å². The van der Waals surface area contributed by atoms with Crippen molar-refractivity contribution in [1.29, 1.82) is 0 Å². The molecular formula is C19H13F5N2O2S. The zero-order chi connectivity index (χ0) is 21.0. The molecule has 0 saturated carbocycles. The van der Waals surface area contributed by atoms with Gasteiger partial charge in [-0.3, -0.25) is 0 Å². The van der Waals surface area contributed by atoms with Gasteiger partial charge in [0.15, 0.2) is 22.5 Å². The van der Waals surface area contributed by atoms with Crippen molar-refractivity contribution >= 4 is 11.8 Å². The number of nitrogens with zero attached hydrogens (tertiary/aromatic N) is 2. The Bertz CT molecular complexity index is 1010. The highest BCUT2D eigenvalue weighted by Crippen LogP contribution is 2.33. The largest absolute Gasteiger partial charge is 0.497 e. The molecule has 1 heterocycles. The fourth-order valence-electron chi connectivity index (χ4n) is 2.23. The average molecular weight is 428 g/mol. The molecule has 152 valence electrons. The second-order valence-electron chi connectivity index (χ2n) is 5.69. The van der Waals surface area contributed by atoms with E-state index in [1.807, 2.05) is 0 Å². The number of hydrogen-bond acceptors (Lipinski definition) is 5. The second-order valence-corrected chi connectivity index (χ2v) is 6.63. The van der Waals surface area contributed by atoms with Gasteiger partial charge in [-0.1, -0.05) is 23.9 Å². The highest BCUT2D eigenvalue weighted by atomic mass is 32.2. The third-order valence-corrected chi connectivity index (χ3v) is 4.51. The normalized spacial score (nSPS) is 11.4. The monoisotopic (exact) mass is 428 g/mol. The third-order valence-electron chi connectivity index (χ3n) is 3.59. The molecule has 3 aromatic rings. The van der Waals surface area contributed by atoms with Crippen LogP contribution >= 0.6 is 11.8 Å². The minimum Gasteiger partial charge on any atom is -0.497 e. The van der Waals surface area contributed by atoms with E-state index in [2.05, 4.69) is 9.97 Å². The van der Waals surface area contributed by atoms with Crippen molar-refractivity contribution in [2.45, 2.75) is 17.1 Å². The standard InChI is InChI=1S/C19H13F5N2O2S/c1-27-12-3-2-4-13(8-12)28-17-9-16(19(22,23)24)25-18(26-17)29-10-11-5-6-14(20)15(21)7-11/h2-9H,10H2,1H3. The lowest BCUT2D eigenvalue weighted by Gasteiger charge is -2.11. The van der Waals surface area contributed by atoms with Crippen molar-refractivity contribution < 1.29 is 31.4 Å². The number of ether oxygens (including phenoxy) is 2. The van der Waals surface area contributed by atoms with Crippen LogP contribution in [-0.4, -0.2) is 17.1 Å². The molecule has 1 aromatic heterocycles. The fourth-order valence-corrected chi connectivity index (χ4v) is 3.02. The zero-order valence-corrected chi connectivity index (χ0v) is 15.7. The van der Waals surface area contributed by atoms with Gasteiger partial charge in [0.25, 0.3) is 0 Å². The Kier molecular flexibility index (Phi) is 6.21. The summed E-state index contributed by atoms with van der Waals surface area (Å²) in [5, 5.41) is -0.220. The summed E-state index contributed by atoms with van der Waals surface area (Å²) in [5.41, 5.74) is -0.816. The summed E-state index contributed by atoms with van der Waals surface area (Å²) < 4.78 is 76.4. The van der Waals surface area contributed by atoms with Crippen LogP contribution in [0.1, 0.15) is 11.3 Å². The van der Waals surface area contributed by atoms with Crippen molar-refractivity contribution in [1.82, 2.24) is 9.97 Å². The molecule has 0 saturated heterocycles. The Balaban J connectivity index is 1.85. The number of alkyl halides is 3. The number of benzene rings is 2. The summed E-state index contributed by atoms with van der Waals surface area (Å²) >= 11 is 0.835. The first-order valence-corrected chi connectivity index (χ1v) is 9.08. The Hall–Kier alpha value is -2.88. The van der Waals surface area contributed by atoms with Crippen molar-refractivity contribution in [2.24, 2.45) is 0 Å². The van der Waals surface area contributed by atoms with Gasteiger partial charge in [0.1, 0.15) is 11.5 Å². The Labute approximate surface area is 166 Å². The van der Waals surface area contributed by atoms with Gasteiger partial charge >= 0.3 is 6.18 Å². The maximum atomic E-state index is 13.3. The van der Waals surface area contributed by atoms with Gasteiger partial charge < -0.3 is 9.47 Å². The fraction of sp³-hybridized carbons (Fsp3) is 0.158. The molecule has 0 radical (unpaired) electrons. The van der Waals surface area contributed by atoms with Gasteiger partial charge in [-0.15, -0.1) is 0 Å². The molecule has 0 unspecified atom stereocenters. The highest BCUT2D eigenvalue weighted by Gasteiger charge is 2.34. The Morgan fingerprint density at radius 2 is 1.69 bits per heavy atom. The van der Waals surface area contributed by atoms with Crippen LogP contribution in [0, 0.1) is 11.6 Å². The third kappa shape index (κ3) is 5.57. The van der Waals surface area contributed by atoms with Gasteiger partial charge in [-0.25, -0.2) is 13.8 Å². The lowest BCUT2D eigenvalue weighted by atomic mass is 10.2. The Morgan fingerprint density at radius 3 is 2.38 bits per heavy atom. The van der Waals surface area contributed by atoms with E-state index in [0.29, 0.717) is 17.4 Å². The number of hydrogen-bond donors (Lipinski definition) is 0. The summed E-state index contributed by atoms with van der Waals surface area (Å²) in [5.74, 6) is -1.64. The first kappa shape index (κ1) is 20.8. The number of aromatic nitrogens is 2. The number of thioether (sulfide) groups is 1. The molecule has 0 bridgehead atoms. The molecule has 3 rings (SSSR count). The van der Waals surface area contributed by atoms with E-state index in [-0.39, 0.29) is 22.5 Å². The van der Waals surface area contributed by atoms with E-state index >= 15 is 0 Å². The Morgan fingerprint density at radius 1 is 0.931 bits per heavy atom. The molecular weight excluding hydrogens is 415 g/mol. The summed E-state index contributed by atoms with van der Waals surface area (Å²) in [6.45, 7) is 0. The maximum absolute atomic E-state index is 13.3. The number of halogens is 5. The maximum Gasteiger partial charge on any atom is 0.433 e. The molecule has 0 aliphatic carbocycles. The summed E-state index contributed by atoms with van der Waals surface area (Å²) in [7, 11) is 1.44. The number of rotatable bonds is 6. The first-order chi connectivity index (χ1) is 13.7. The highest BCUT2D eigenvalue weighted by molar-refractivity contribution is 7.98. The summed E-state index contributed by atoms with van der Waals surface area (Å²) in [6.07, 6.45) is -4.72. The molecule has 0 aliphatic heterocycles. The molecule has 0 spiro atoms. The van der Waals surface area contributed by atoms with Crippen molar-refractivity contribution in [3.63, 3.8) is 0 Å². The van der Waals surface area contributed by atoms with Gasteiger partial charge in [-0.2, -0.15) is 18.2 Å². The van der Waals surface area contributed by atoms with Crippen molar-refractivity contribution in [3.8, 4) is 17.4 Å². The molecule has 0 fully saturated rings. The van der Waals surface area contributed by atoms with Gasteiger partial charge in [-0.05, 0) is 29.8 Å². The molecule has 0 aliphatic rings. The van der Waals surface area contributed by atoms with Crippen LogP contribution in [0.5, 0.6) is 17.4 Å². The smallest absolute Gasteiger partial charge is 0.433 e. The predicted octanol–water partition coefficient (Wildman–Crippen LogP) is 5.87. The van der Waals surface area contributed by atoms with E-state index < -0.39 is 23.5 Å². The first-order valence-electron chi connectivity index (χ1n) is 8.09. The molecule has 4 nitrogen and oxygen atoms in total. The minimum absolute atomic E-state index is 0.0388. The van der Waals surface area contributed by atoms with Crippen LogP contribution in [0.15, 0.2) is 53.7 Å². The van der Waals surface area contributed by atoms with E-state index in [0.717, 1.165) is 23.9 Å². The molecule has 0 amide bonds. The van der Waals surface area contributed by atoms with Crippen LogP contribution in [0.2, 0.25) is 0 Å². The van der Waals surface area contributed by atoms with Crippen LogP contribution in [0.3, 0.4) is 0 Å². The van der Waals surface area contributed by atoms with Gasteiger partial charge in [0.2, 0.25) is 5.88 Å². The summed E-state index contributed by atoms with van der Waals surface area (Å²) in [4.78, 5) is 7.46. The van der Waals surface area contributed by atoms with Crippen LogP contribution in [0.25, 0.3) is 0 Å². The average Bonchev–Trinajstić information content (AvgIpc) is 2.68. The molecule has 0 atom stereocenters. The van der Waals surface area contributed by atoms with Gasteiger partial charge in [0.05, 0.1) is 7.11 Å². The van der Waals surface area contributed by atoms with E-state index in [4.69, 9.17) is 9.47 Å². The number of methoxy groups -OCH3 is 1. The predicted molar refractivity (Wildman–Crippen MR) is 96.0 cm³/mol. The van der Waals surface area contributed by atoms with Crippen LogP contribution in [0.4, 0.5) is 22.0 Å². The van der Waals surface area contributed by atoms with Gasteiger partial charge in [0, 0.05) is 17.9 Å². The van der Waals surface area contributed by atoms with E-state index in [1.54, 1.807) is 12.1 Å². The lowest BCUT2D eigenvalue weighted by Crippen LogP contribution is -2.10. The molecule has 0 N–H and O–H groups in total. The SMILES string of the molecule is COc1cccc(Oc2cc(C(F)(F)F)nc(SCc3ccc(F)c(F)c3)n2)c1. The van der Waals surface area contributed by atoms with Crippen LogP contribution < -0.4 is 9.47 Å². The minimum atomic E-state index is -4.72. The molecule has 29 heavy (non-hydrogen) atoms. The summed E-state index contributed by atoms with van der Waals surface area (Å²) in [6, 6.07) is 10.2. The molecule has 2 aromatic carbocycles. The topological polar surface area (TPSA) is 44.2 Å².